The largest absolute Gasteiger partial charge is 0.573 e. The van der Waals surface area contributed by atoms with Gasteiger partial charge in [-0.25, -0.2) is 0 Å². The highest BCUT2D eigenvalue weighted by Gasteiger charge is 2.32. The van der Waals surface area contributed by atoms with Crippen LogP contribution < -0.4 is 15.4 Å². The van der Waals surface area contributed by atoms with E-state index in [1.165, 1.54) is 18.2 Å². The topological polar surface area (TPSA) is 50.4 Å². The summed E-state index contributed by atoms with van der Waals surface area (Å²) >= 11 is 0. The van der Waals surface area contributed by atoms with E-state index in [1.807, 2.05) is 0 Å². The van der Waals surface area contributed by atoms with Crippen molar-refractivity contribution in [3.8, 4) is 5.75 Å². The minimum Gasteiger partial charge on any atom is -0.405 e. The molecule has 1 aromatic carbocycles. The summed E-state index contributed by atoms with van der Waals surface area (Å²) in [6.45, 7) is 1.73. The minimum absolute atomic E-state index is 0. The third-order valence-corrected chi connectivity index (χ3v) is 3.31. The highest BCUT2D eigenvalue weighted by Crippen LogP contribution is 2.26. The molecular formula is C14H18ClF3N2O2. The lowest BCUT2D eigenvalue weighted by atomic mass is 10.0. The zero-order valence-corrected chi connectivity index (χ0v) is 12.6. The van der Waals surface area contributed by atoms with Crippen molar-refractivity contribution in [2.75, 3.05) is 13.1 Å². The Kier molecular flexibility index (Phi) is 6.96. The molecule has 1 saturated heterocycles. The van der Waals surface area contributed by atoms with Crippen LogP contribution >= 0.6 is 12.4 Å². The Morgan fingerprint density at radius 3 is 2.73 bits per heavy atom. The fourth-order valence-corrected chi connectivity index (χ4v) is 2.29. The number of hydrogen-bond acceptors (Lipinski definition) is 3. The van der Waals surface area contributed by atoms with Crippen LogP contribution in [0.1, 0.15) is 18.4 Å². The maximum atomic E-state index is 12.3. The van der Waals surface area contributed by atoms with Crippen molar-refractivity contribution in [2.45, 2.75) is 25.7 Å². The van der Waals surface area contributed by atoms with Crippen LogP contribution in [0.3, 0.4) is 0 Å². The van der Waals surface area contributed by atoms with Crippen LogP contribution in [0, 0.1) is 5.92 Å². The van der Waals surface area contributed by atoms with Crippen LogP contribution in [-0.4, -0.2) is 25.4 Å². The second kappa shape index (κ2) is 8.24. The standard InChI is InChI=1S/C14H17F3N2O2.ClH/c15-14(16,17)21-12-4-2-1-3-11(12)9-19-13(20)7-10-5-6-18-8-10;/h1-4,10,18H,5-9H2,(H,19,20);1H. The van der Waals surface area contributed by atoms with E-state index >= 15 is 0 Å². The van der Waals surface area contributed by atoms with E-state index < -0.39 is 6.36 Å². The molecule has 4 nitrogen and oxygen atoms in total. The van der Waals surface area contributed by atoms with Gasteiger partial charge in [0.1, 0.15) is 5.75 Å². The molecule has 0 saturated carbocycles. The van der Waals surface area contributed by atoms with Crippen molar-refractivity contribution < 1.29 is 22.7 Å². The summed E-state index contributed by atoms with van der Waals surface area (Å²) in [7, 11) is 0. The number of ether oxygens (including phenoxy) is 1. The molecule has 0 radical (unpaired) electrons. The van der Waals surface area contributed by atoms with Crippen LogP contribution in [0.25, 0.3) is 0 Å². The Labute approximate surface area is 132 Å². The average molecular weight is 339 g/mol. The number of halogens is 4. The van der Waals surface area contributed by atoms with Crippen molar-refractivity contribution in [2.24, 2.45) is 5.92 Å². The van der Waals surface area contributed by atoms with Gasteiger partial charge in [-0.05, 0) is 31.5 Å². The Morgan fingerprint density at radius 2 is 2.09 bits per heavy atom. The molecule has 1 amide bonds. The van der Waals surface area contributed by atoms with E-state index in [1.54, 1.807) is 6.07 Å². The van der Waals surface area contributed by atoms with E-state index in [0.717, 1.165) is 19.5 Å². The number of carbonyl (C=O) groups is 1. The molecule has 1 heterocycles. The smallest absolute Gasteiger partial charge is 0.405 e. The number of benzene rings is 1. The zero-order chi connectivity index (χ0) is 15.3. The number of amides is 1. The van der Waals surface area contributed by atoms with Crippen molar-refractivity contribution in [1.82, 2.24) is 10.6 Å². The molecule has 0 spiro atoms. The molecule has 2 N–H and O–H groups in total. The molecule has 1 aromatic rings. The van der Waals surface area contributed by atoms with Gasteiger partial charge in [0, 0.05) is 18.5 Å². The number of alkyl halides is 3. The summed E-state index contributed by atoms with van der Waals surface area (Å²) in [5.41, 5.74) is 0.299. The second-order valence-corrected chi connectivity index (χ2v) is 5.00. The van der Waals surface area contributed by atoms with Gasteiger partial charge in [0.25, 0.3) is 0 Å². The van der Waals surface area contributed by atoms with Crippen LogP contribution in [-0.2, 0) is 11.3 Å². The lowest BCUT2D eigenvalue weighted by Crippen LogP contribution is -2.26. The fourth-order valence-electron chi connectivity index (χ4n) is 2.29. The first-order valence-corrected chi connectivity index (χ1v) is 6.75. The zero-order valence-electron chi connectivity index (χ0n) is 11.8. The quantitative estimate of drug-likeness (QED) is 0.867. The molecule has 2 rings (SSSR count). The molecule has 0 bridgehead atoms. The minimum atomic E-state index is -4.74. The molecule has 1 aliphatic rings. The molecule has 1 unspecified atom stereocenters. The third kappa shape index (κ3) is 6.11. The molecule has 22 heavy (non-hydrogen) atoms. The summed E-state index contributed by atoms with van der Waals surface area (Å²) in [5, 5.41) is 5.80. The van der Waals surface area contributed by atoms with E-state index in [2.05, 4.69) is 15.4 Å². The number of carbonyl (C=O) groups excluding carboxylic acids is 1. The van der Waals surface area contributed by atoms with Gasteiger partial charge in [0.05, 0.1) is 0 Å². The van der Waals surface area contributed by atoms with Gasteiger partial charge in [0.15, 0.2) is 0 Å². The number of hydrogen-bond donors (Lipinski definition) is 2. The Hall–Kier alpha value is -1.47. The van der Waals surface area contributed by atoms with Gasteiger partial charge in [-0.3, -0.25) is 4.79 Å². The van der Waals surface area contributed by atoms with E-state index in [0.29, 0.717) is 17.9 Å². The summed E-state index contributed by atoms with van der Waals surface area (Å²) in [6, 6.07) is 5.79. The van der Waals surface area contributed by atoms with Crippen molar-refractivity contribution in [1.29, 1.82) is 0 Å². The first-order chi connectivity index (χ1) is 9.94. The van der Waals surface area contributed by atoms with Gasteiger partial charge in [-0.2, -0.15) is 0 Å². The van der Waals surface area contributed by atoms with Gasteiger partial charge < -0.3 is 15.4 Å². The lowest BCUT2D eigenvalue weighted by Gasteiger charge is -2.14. The molecule has 8 heteroatoms. The highest BCUT2D eigenvalue weighted by molar-refractivity contribution is 5.85. The monoisotopic (exact) mass is 338 g/mol. The van der Waals surface area contributed by atoms with Crippen molar-refractivity contribution >= 4 is 18.3 Å². The van der Waals surface area contributed by atoms with E-state index in [9.17, 15) is 18.0 Å². The fraction of sp³-hybridized carbons (Fsp3) is 0.500. The predicted octanol–water partition coefficient (Wildman–Crippen LogP) is 2.62. The van der Waals surface area contributed by atoms with Crippen LogP contribution in [0.2, 0.25) is 0 Å². The summed E-state index contributed by atoms with van der Waals surface area (Å²) in [6.07, 6.45) is -3.41. The maximum Gasteiger partial charge on any atom is 0.573 e. The molecule has 0 aromatic heterocycles. The molecule has 0 aliphatic carbocycles. The Bertz CT molecular complexity index is 491. The van der Waals surface area contributed by atoms with E-state index in [4.69, 9.17) is 0 Å². The van der Waals surface area contributed by atoms with Crippen LogP contribution in [0.15, 0.2) is 24.3 Å². The highest BCUT2D eigenvalue weighted by atomic mass is 35.5. The lowest BCUT2D eigenvalue weighted by molar-refractivity contribution is -0.274. The van der Waals surface area contributed by atoms with Gasteiger partial charge in [-0.15, -0.1) is 25.6 Å². The molecule has 1 atom stereocenters. The predicted molar refractivity (Wildman–Crippen MR) is 77.8 cm³/mol. The van der Waals surface area contributed by atoms with Gasteiger partial charge in [0.2, 0.25) is 5.91 Å². The Morgan fingerprint density at radius 1 is 1.36 bits per heavy atom. The van der Waals surface area contributed by atoms with E-state index in [-0.39, 0.29) is 30.6 Å². The molecule has 124 valence electrons. The van der Waals surface area contributed by atoms with Crippen LogP contribution in [0.5, 0.6) is 5.75 Å². The SMILES string of the molecule is Cl.O=C(CC1CCNC1)NCc1ccccc1OC(F)(F)F. The summed E-state index contributed by atoms with van der Waals surface area (Å²) < 4.78 is 40.8. The molecule has 1 fully saturated rings. The maximum absolute atomic E-state index is 12.3. The van der Waals surface area contributed by atoms with Gasteiger partial charge >= 0.3 is 6.36 Å². The summed E-state index contributed by atoms with van der Waals surface area (Å²) in [5.74, 6) is -0.148. The van der Waals surface area contributed by atoms with Crippen LogP contribution in [0.4, 0.5) is 13.2 Å². The Balaban J connectivity index is 0.00000242. The number of nitrogens with one attached hydrogen (secondary N) is 2. The first-order valence-electron chi connectivity index (χ1n) is 6.75. The number of para-hydroxylation sites is 1. The molecular weight excluding hydrogens is 321 g/mol. The van der Waals surface area contributed by atoms with Crippen molar-refractivity contribution in [3.05, 3.63) is 29.8 Å². The molecule has 1 aliphatic heterocycles. The third-order valence-electron chi connectivity index (χ3n) is 3.31. The first kappa shape index (κ1) is 18.6. The average Bonchev–Trinajstić information content (AvgIpc) is 2.89. The van der Waals surface area contributed by atoms with Gasteiger partial charge in [-0.1, -0.05) is 18.2 Å². The summed E-state index contributed by atoms with van der Waals surface area (Å²) in [4.78, 5) is 11.8. The number of rotatable bonds is 5. The second-order valence-electron chi connectivity index (χ2n) is 5.00. The normalized spacial score (nSPS) is 17.7. The van der Waals surface area contributed by atoms with Crippen molar-refractivity contribution in [3.63, 3.8) is 0 Å².